The van der Waals surface area contributed by atoms with Crippen LogP contribution in [-0.4, -0.2) is 5.91 Å². The largest absolute Gasteiger partial charge is 0.345 e. The van der Waals surface area contributed by atoms with Crippen molar-refractivity contribution < 1.29 is 4.79 Å². The highest BCUT2D eigenvalue weighted by molar-refractivity contribution is 5.79. The third-order valence-corrected chi connectivity index (χ3v) is 4.37. The van der Waals surface area contributed by atoms with Crippen LogP contribution in [0.15, 0.2) is 84.9 Å². The van der Waals surface area contributed by atoms with E-state index in [1.54, 1.807) is 0 Å². The molecule has 0 saturated heterocycles. The number of nitrogens with one attached hydrogen (secondary N) is 1. The summed E-state index contributed by atoms with van der Waals surface area (Å²) >= 11 is 0. The molecule has 0 radical (unpaired) electrons. The van der Waals surface area contributed by atoms with Gasteiger partial charge in [0, 0.05) is 0 Å². The number of hydrogen-bond acceptors (Lipinski definition) is 1. The standard InChI is InChI=1S/C23H23NO/c1-2-18-13-15-19(16-14-18)17-22(25)24-23(20-9-5-3-6-10-20)21-11-7-4-8-12-21/h3-16,23H,2,17H2,1H3,(H,24,25). The Balaban J connectivity index is 1.76. The zero-order valence-corrected chi connectivity index (χ0v) is 14.5. The summed E-state index contributed by atoms with van der Waals surface area (Å²) in [4.78, 5) is 12.6. The second-order valence-electron chi connectivity index (χ2n) is 6.17. The van der Waals surface area contributed by atoms with Crippen molar-refractivity contribution in [3.05, 3.63) is 107 Å². The summed E-state index contributed by atoms with van der Waals surface area (Å²) < 4.78 is 0. The molecule has 2 heteroatoms. The molecule has 3 rings (SSSR count). The van der Waals surface area contributed by atoms with Crippen molar-refractivity contribution in [1.82, 2.24) is 5.32 Å². The van der Waals surface area contributed by atoms with Crippen molar-refractivity contribution >= 4 is 5.91 Å². The van der Waals surface area contributed by atoms with Gasteiger partial charge in [-0.2, -0.15) is 0 Å². The molecule has 0 unspecified atom stereocenters. The molecule has 0 aliphatic carbocycles. The molecular weight excluding hydrogens is 306 g/mol. The minimum atomic E-state index is -0.134. The predicted molar refractivity (Wildman–Crippen MR) is 102 cm³/mol. The molecule has 25 heavy (non-hydrogen) atoms. The van der Waals surface area contributed by atoms with Crippen molar-refractivity contribution in [3.63, 3.8) is 0 Å². The Morgan fingerprint density at radius 3 is 1.72 bits per heavy atom. The van der Waals surface area contributed by atoms with E-state index in [2.05, 4.69) is 24.4 Å². The van der Waals surface area contributed by atoms with Gasteiger partial charge in [0.1, 0.15) is 0 Å². The van der Waals surface area contributed by atoms with Crippen molar-refractivity contribution in [2.75, 3.05) is 0 Å². The van der Waals surface area contributed by atoms with Gasteiger partial charge < -0.3 is 5.32 Å². The molecule has 0 aliphatic rings. The van der Waals surface area contributed by atoms with E-state index in [9.17, 15) is 4.79 Å². The van der Waals surface area contributed by atoms with E-state index < -0.39 is 0 Å². The Bertz CT molecular complexity index is 755. The van der Waals surface area contributed by atoms with Gasteiger partial charge in [0.15, 0.2) is 0 Å². The highest BCUT2D eigenvalue weighted by Gasteiger charge is 2.16. The molecular formula is C23H23NO. The zero-order chi connectivity index (χ0) is 17.5. The van der Waals surface area contributed by atoms with Crippen LogP contribution in [0.4, 0.5) is 0 Å². The van der Waals surface area contributed by atoms with Gasteiger partial charge in [0.05, 0.1) is 12.5 Å². The van der Waals surface area contributed by atoms with Gasteiger partial charge in [-0.3, -0.25) is 4.79 Å². The normalized spacial score (nSPS) is 10.6. The second-order valence-corrected chi connectivity index (χ2v) is 6.17. The maximum Gasteiger partial charge on any atom is 0.225 e. The van der Waals surface area contributed by atoms with Crippen LogP contribution in [0.2, 0.25) is 0 Å². The Labute approximate surface area is 149 Å². The van der Waals surface area contributed by atoms with Crippen LogP contribution in [0.25, 0.3) is 0 Å². The van der Waals surface area contributed by atoms with Crippen LogP contribution < -0.4 is 5.32 Å². The fourth-order valence-corrected chi connectivity index (χ4v) is 2.94. The molecule has 0 bridgehead atoms. The van der Waals surface area contributed by atoms with Crippen LogP contribution >= 0.6 is 0 Å². The molecule has 3 aromatic carbocycles. The minimum Gasteiger partial charge on any atom is -0.345 e. The SMILES string of the molecule is CCc1ccc(CC(=O)NC(c2ccccc2)c2ccccc2)cc1. The topological polar surface area (TPSA) is 29.1 Å². The lowest BCUT2D eigenvalue weighted by atomic mass is 9.98. The number of amides is 1. The van der Waals surface area contributed by atoms with Crippen LogP contribution in [0.3, 0.4) is 0 Å². The number of carbonyl (C=O) groups excluding carboxylic acids is 1. The fourth-order valence-electron chi connectivity index (χ4n) is 2.94. The molecule has 0 saturated carbocycles. The van der Waals surface area contributed by atoms with Gasteiger partial charge in [0.25, 0.3) is 0 Å². The molecule has 2 nitrogen and oxygen atoms in total. The fraction of sp³-hybridized carbons (Fsp3) is 0.174. The lowest BCUT2D eigenvalue weighted by molar-refractivity contribution is -0.120. The van der Waals surface area contributed by atoms with Crippen molar-refractivity contribution in [1.29, 1.82) is 0 Å². The van der Waals surface area contributed by atoms with Crippen molar-refractivity contribution in [2.24, 2.45) is 0 Å². The van der Waals surface area contributed by atoms with E-state index in [4.69, 9.17) is 0 Å². The maximum atomic E-state index is 12.6. The van der Waals surface area contributed by atoms with Crippen LogP contribution in [0, 0.1) is 0 Å². The van der Waals surface area contributed by atoms with E-state index in [1.807, 2.05) is 72.8 Å². The predicted octanol–water partition coefficient (Wildman–Crippen LogP) is 4.70. The van der Waals surface area contributed by atoms with Gasteiger partial charge in [-0.15, -0.1) is 0 Å². The molecule has 1 amide bonds. The first-order valence-corrected chi connectivity index (χ1v) is 8.73. The van der Waals surface area contributed by atoms with Gasteiger partial charge in [0.2, 0.25) is 5.91 Å². The maximum absolute atomic E-state index is 12.6. The number of benzene rings is 3. The lowest BCUT2D eigenvalue weighted by Gasteiger charge is -2.20. The summed E-state index contributed by atoms with van der Waals surface area (Å²) in [7, 11) is 0. The Morgan fingerprint density at radius 1 is 0.760 bits per heavy atom. The summed E-state index contributed by atoms with van der Waals surface area (Å²) in [5, 5.41) is 3.19. The first-order valence-electron chi connectivity index (χ1n) is 8.73. The van der Waals surface area contributed by atoms with Gasteiger partial charge in [-0.1, -0.05) is 91.9 Å². The van der Waals surface area contributed by atoms with Gasteiger partial charge in [-0.25, -0.2) is 0 Å². The number of aryl methyl sites for hydroxylation is 1. The van der Waals surface area contributed by atoms with Crippen LogP contribution in [0.5, 0.6) is 0 Å². The van der Waals surface area contributed by atoms with Gasteiger partial charge >= 0.3 is 0 Å². The molecule has 0 fully saturated rings. The summed E-state index contributed by atoms with van der Waals surface area (Å²) in [5.74, 6) is 0.0296. The van der Waals surface area contributed by atoms with E-state index in [0.717, 1.165) is 23.1 Å². The Kier molecular flexibility index (Phi) is 5.63. The molecule has 1 N–H and O–H groups in total. The molecule has 0 heterocycles. The quantitative estimate of drug-likeness (QED) is 0.698. The van der Waals surface area contributed by atoms with Gasteiger partial charge in [-0.05, 0) is 28.7 Å². The summed E-state index contributed by atoms with van der Waals surface area (Å²) in [6, 6.07) is 28.3. The second kappa shape index (κ2) is 8.29. The highest BCUT2D eigenvalue weighted by atomic mass is 16.1. The minimum absolute atomic E-state index is 0.0296. The highest BCUT2D eigenvalue weighted by Crippen LogP contribution is 2.22. The van der Waals surface area contributed by atoms with E-state index in [-0.39, 0.29) is 11.9 Å². The Hall–Kier alpha value is -2.87. The third-order valence-electron chi connectivity index (χ3n) is 4.37. The van der Waals surface area contributed by atoms with Crippen molar-refractivity contribution in [2.45, 2.75) is 25.8 Å². The zero-order valence-electron chi connectivity index (χ0n) is 14.5. The van der Waals surface area contributed by atoms with E-state index >= 15 is 0 Å². The average molecular weight is 329 g/mol. The van der Waals surface area contributed by atoms with Crippen molar-refractivity contribution in [3.8, 4) is 0 Å². The Morgan fingerprint density at radius 2 is 1.24 bits per heavy atom. The number of carbonyl (C=O) groups is 1. The molecule has 3 aromatic rings. The number of hydrogen-bond donors (Lipinski definition) is 1. The molecule has 0 aliphatic heterocycles. The van der Waals surface area contributed by atoms with Crippen LogP contribution in [-0.2, 0) is 17.6 Å². The summed E-state index contributed by atoms with van der Waals surface area (Å²) in [5.41, 5.74) is 4.50. The van der Waals surface area contributed by atoms with E-state index in [1.165, 1.54) is 5.56 Å². The van der Waals surface area contributed by atoms with E-state index in [0.29, 0.717) is 6.42 Å². The molecule has 0 atom stereocenters. The first-order chi connectivity index (χ1) is 12.3. The monoisotopic (exact) mass is 329 g/mol. The van der Waals surface area contributed by atoms with Crippen LogP contribution in [0.1, 0.15) is 35.2 Å². The average Bonchev–Trinajstić information content (AvgIpc) is 2.68. The molecule has 0 spiro atoms. The summed E-state index contributed by atoms with van der Waals surface area (Å²) in [6.45, 7) is 2.13. The lowest BCUT2D eigenvalue weighted by Crippen LogP contribution is -2.30. The molecule has 126 valence electrons. The number of rotatable bonds is 6. The summed E-state index contributed by atoms with van der Waals surface area (Å²) in [6.07, 6.45) is 1.40. The third kappa shape index (κ3) is 4.57. The molecule has 0 aromatic heterocycles. The smallest absolute Gasteiger partial charge is 0.225 e. The first kappa shape index (κ1) is 17.0.